The molecule has 0 spiro atoms. The van der Waals surface area contributed by atoms with E-state index < -0.39 is 5.41 Å². The Bertz CT molecular complexity index is 1090. The van der Waals surface area contributed by atoms with Gasteiger partial charge in [-0.1, -0.05) is 0 Å². The molecule has 1 amide bonds. The molecule has 5 heterocycles. The number of rotatable bonds is 4. The number of piperidine rings is 1. The lowest BCUT2D eigenvalue weighted by Gasteiger charge is -2.39. The van der Waals surface area contributed by atoms with Crippen molar-refractivity contribution in [1.29, 1.82) is 0 Å². The molecule has 0 aliphatic carbocycles. The summed E-state index contributed by atoms with van der Waals surface area (Å²) < 4.78 is 0. The normalized spacial score (nSPS) is 18.4. The number of hydrogen-bond acceptors (Lipinski definition) is 8. The number of aromatic amines is 1. The van der Waals surface area contributed by atoms with E-state index in [0.717, 1.165) is 47.9 Å². The Hall–Kier alpha value is -3.27. The Kier molecular flexibility index (Phi) is 4.50. The van der Waals surface area contributed by atoms with Gasteiger partial charge in [0.25, 0.3) is 0 Å². The monoisotopic (exact) mass is 407 g/mol. The number of hydrogen-bond donors (Lipinski definition) is 3. The summed E-state index contributed by atoms with van der Waals surface area (Å²) in [5, 5.41) is 7.55. The predicted octanol–water partition coefficient (Wildman–Crippen LogP) is 0.863. The van der Waals surface area contributed by atoms with E-state index in [0.29, 0.717) is 31.6 Å². The SMILES string of the molecule is NCC1(C(N)=O)CCN(c2cnc3c(N4CCCc5ncccc54)n[nH]c3n2)CC1. The standard InChI is InChI=1S/C20H25N9O/c21-12-20(19(22)30)5-9-28(10-6-20)15-11-24-16-17(25-15)26-27-18(16)29-8-2-3-13-14(29)4-1-7-23-13/h1,4,7,11H,2-3,5-6,8-10,12,21H2,(H2,22,30)(H,25,26,27). The van der Waals surface area contributed by atoms with Crippen molar-refractivity contribution in [2.24, 2.45) is 16.9 Å². The summed E-state index contributed by atoms with van der Waals surface area (Å²) >= 11 is 0. The maximum Gasteiger partial charge on any atom is 0.225 e. The first-order valence-corrected chi connectivity index (χ1v) is 10.3. The van der Waals surface area contributed by atoms with E-state index in [-0.39, 0.29) is 12.5 Å². The van der Waals surface area contributed by atoms with E-state index in [9.17, 15) is 4.79 Å². The van der Waals surface area contributed by atoms with E-state index in [1.807, 2.05) is 12.3 Å². The summed E-state index contributed by atoms with van der Waals surface area (Å²) in [5.41, 5.74) is 14.3. The number of primary amides is 1. The van der Waals surface area contributed by atoms with Gasteiger partial charge in [-0.25, -0.2) is 9.97 Å². The summed E-state index contributed by atoms with van der Waals surface area (Å²) in [6, 6.07) is 4.01. The van der Waals surface area contributed by atoms with Crippen molar-refractivity contribution in [2.75, 3.05) is 36.0 Å². The average Bonchev–Trinajstić information content (AvgIpc) is 3.21. The summed E-state index contributed by atoms with van der Waals surface area (Å²) in [7, 11) is 0. The third kappa shape index (κ3) is 2.95. The highest BCUT2D eigenvalue weighted by atomic mass is 16.1. The number of anilines is 3. The third-order valence-corrected chi connectivity index (χ3v) is 6.41. The molecule has 3 aromatic rings. The summed E-state index contributed by atoms with van der Waals surface area (Å²) in [4.78, 5) is 30.0. The predicted molar refractivity (Wildman–Crippen MR) is 113 cm³/mol. The molecule has 10 heteroatoms. The van der Waals surface area contributed by atoms with Crippen LogP contribution in [0.2, 0.25) is 0 Å². The molecule has 3 aromatic heterocycles. The summed E-state index contributed by atoms with van der Waals surface area (Å²) in [6.07, 6.45) is 6.81. The second kappa shape index (κ2) is 7.21. The van der Waals surface area contributed by atoms with Crippen molar-refractivity contribution in [3.05, 3.63) is 30.2 Å². The third-order valence-electron chi connectivity index (χ3n) is 6.41. The Balaban J connectivity index is 1.41. The molecule has 0 atom stereocenters. The summed E-state index contributed by atoms with van der Waals surface area (Å²) in [6.45, 7) is 2.46. The molecule has 2 aliphatic heterocycles. The van der Waals surface area contributed by atoms with Crippen LogP contribution in [0.3, 0.4) is 0 Å². The molecule has 1 saturated heterocycles. The molecular formula is C20H25N9O. The number of amides is 1. The lowest BCUT2D eigenvalue weighted by molar-refractivity contribution is -0.128. The molecular weight excluding hydrogens is 382 g/mol. The van der Waals surface area contributed by atoms with Gasteiger partial charge in [-0.15, -0.1) is 0 Å². The second-order valence-corrected chi connectivity index (χ2v) is 8.03. The van der Waals surface area contributed by atoms with Crippen molar-refractivity contribution in [3.63, 3.8) is 0 Å². The summed E-state index contributed by atoms with van der Waals surface area (Å²) in [5.74, 6) is 1.21. The molecule has 2 aliphatic rings. The Morgan fingerprint density at radius 1 is 1.23 bits per heavy atom. The molecule has 10 nitrogen and oxygen atoms in total. The minimum atomic E-state index is -0.620. The maximum absolute atomic E-state index is 11.8. The Morgan fingerprint density at radius 2 is 2.07 bits per heavy atom. The number of nitrogens with one attached hydrogen (secondary N) is 1. The van der Waals surface area contributed by atoms with Crippen LogP contribution >= 0.6 is 0 Å². The number of pyridine rings is 1. The van der Waals surface area contributed by atoms with E-state index in [4.69, 9.17) is 16.5 Å². The van der Waals surface area contributed by atoms with Crippen LogP contribution in [-0.2, 0) is 11.2 Å². The topological polar surface area (TPSA) is 143 Å². The maximum atomic E-state index is 11.8. The Labute approximate surface area is 173 Å². The molecule has 0 aromatic carbocycles. The highest BCUT2D eigenvalue weighted by Gasteiger charge is 2.39. The van der Waals surface area contributed by atoms with Crippen LogP contribution in [0.1, 0.15) is 25.0 Å². The van der Waals surface area contributed by atoms with Crippen LogP contribution in [0, 0.1) is 5.41 Å². The molecule has 0 bridgehead atoms. The zero-order chi connectivity index (χ0) is 20.7. The van der Waals surface area contributed by atoms with Crippen molar-refractivity contribution >= 4 is 34.4 Å². The number of carbonyl (C=O) groups excluding carboxylic acids is 1. The van der Waals surface area contributed by atoms with Crippen LogP contribution in [0.5, 0.6) is 0 Å². The van der Waals surface area contributed by atoms with Gasteiger partial charge in [-0.2, -0.15) is 5.10 Å². The van der Waals surface area contributed by atoms with Gasteiger partial charge in [0, 0.05) is 32.4 Å². The van der Waals surface area contributed by atoms with Crippen LogP contribution in [-0.4, -0.2) is 57.2 Å². The zero-order valence-corrected chi connectivity index (χ0v) is 16.7. The quantitative estimate of drug-likeness (QED) is 0.578. The van der Waals surface area contributed by atoms with Gasteiger partial charge in [0.1, 0.15) is 5.82 Å². The highest BCUT2D eigenvalue weighted by Crippen LogP contribution is 2.35. The number of nitrogens with two attached hydrogens (primary N) is 2. The minimum absolute atomic E-state index is 0.275. The van der Waals surface area contributed by atoms with Crippen LogP contribution < -0.4 is 21.3 Å². The first-order valence-electron chi connectivity index (χ1n) is 10.3. The number of fused-ring (bicyclic) bond motifs is 2. The van der Waals surface area contributed by atoms with Gasteiger partial charge in [-0.05, 0) is 37.8 Å². The number of aromatic nitrogens is 5. The first-order chi connectivity index (χ1) is 14.6. The second-order valence-electron chi connectivity index (χ2n) is 8.03. The van der Waals surface area contributed by atoms with Gasteiger partial charge in [0.2, 0.25) is 5.91 Å². The van der Waals surface area contributed by atoms with E-state index >= 15 is 0 Å². The number of nitrogens with zero attached hydrogens (tertiary/aromatic N) is 6. The fourth-order valence-electron chi connectivity index (χ4n) is 4.45. The molecule has 1 fully saturated rings. The number of carbonyl (C=O) groups is 1. The van der Waals surface area contributed by atoms with Crippen LogP contribution in [0.4, 0.5) is 17.3 Å². The van der Waals surface area contributed by atoms with E-state index in [1.54, 1.807) is 6.20 Å². The van der Waals surface area contributed by atoms with E-state index in [1.165, 1.54) is 0 Å². The molecule has 5 N–H and O–H groups in total. The molecule has 5 rings (SSSR count). The van der Waals surface area contributed by atoms with Crippen molar-refractivity contribution in [2.45, 2.75) is 25.7 Å². The van der Waals surface area contributed by atoms with Gasteiger partial charge in [0.15, 0.2) is 17.0 Å². The van der Waals surface area contributed by atoms with Crippen molar-refractivity contribution in [1.82, 2.24) is 25.1 Å². The van der Waals surface area contributed by atoms with Gasteiger partial charge >= 0.3 is 0 Å². The van der Waals surface area contributed by atoms with Crippen LogP contribution in [0.15, 0.2) is 24.5 Å². The van der Waals surface area contributed by atoms with Crippen LogP contribution in [0.25, 0.3) is 11.2 Å². The smallest absolute Gasteiger partial charge is 0.225 e. The fourth-order valence-corrected chi connectivity index (χ4v) is 4.45. The minimum Gasteiger partial charge on any atom is -0.369 e. The molecule has 0 unspecified atom stereocenters. The average molecular weight is 407 g/mol. The lowest BCUT2D eigenvalue weighted by Crippen LogP contribution is -2.51. The Morgan fingerprint density at radius 3 is 2.83 bits per heavy atom. The van der Waals surface area contributed by atoms with Gasteiger partial charge in [0.05, 0.1) is 23.0 Å². The van der Waals surface area contributed by atoms with Crippen molar-refractivity contribution < 1.29 is 4.79 Å². The molecule has 156 valence electrons. The molecule has 0 saturated carbocycles. The van der Waals surface area contributed by atoms with Gasteiger partial charge < -0.3 is 21.3 Å². The zero-order valence-electron chi connectivity index (χ0n) is 16.7. The van der Waals surface area contributed by atoms with Gasteiger partial charge in [-0.3, -0.25) is 14.9 Å². The highest BCUT2D eigenvalue weighted by molar-refractivity contribution is 5.87. The fraction of sp³-hybridized carbons (Fsp3) is 0.450. The molecule has 0 radical (unpaired) electrons. The largest absolute Gasteiger partial charge is 0.369 e. The first kappa shape index (κ1) is 18.7. The number of aryl methyl sites for hydroxylation is 1. The number of H-pyrrole nitrogens is 1. The molecule has 30 heavy (non-hydrogen) atoms. The lowest BCUT2D eigenvalue weighted by atomic mass is 9.78. The van der Waals surface area contributed by atoms with Crippen molar-refractivity contribution in [3.8, 4) is 0 Å². The van der Waals surface area contributed by atoms with E-state index in [2.05, 4.69) is 36.0 Å².